The molecule has 2 N–H and O–H groups in total. The Bertz CT molecular complexity index is 992. The highest BCUT2D eigenvalue weighted by Gasteiger charge is 2.42. The average Bonchev–Trinajstić information content (AvgIpc) is 2.73. The van der Waals surface area contributed by atoms with Gasteiger partial charge in [-0.3, -0.25) is 34.0 Å². The summed E-state index contributed by atoms with van der Waals surface area (Å²) in [5, 5.41) is 19.5. The van der Waals surface area contributed by atoms with Crippen LogP contribution in [0.15, 0.2) is 9.98 Å². The van der Waals surface area contributed by atoms with Crippen LogP contribution in [-0.2, 0) is 24.0 Å². The molecule has 0 aromatic rings. The molecule has 2 fully saturated rings. The van der Waals surface area contributed by atoms with Crippen molar-refractivity contribution in [1.29, 1.82) is 0 Å². The maximum Gasteiger partial charge on any atom is 0.303 e. The SMILES string of the molecule is CC(=NCCN(CCN=C(C)C1C(=O)CC(C)(C)CC1O)C(=O)CCC(=O)O)C1C(=O)CC(C)(C)CC1=O. The number of ketones is 3. The van der Waals surface area contributed by atoms with Crippen molar-refractivity contribution in [1.82, 2.24) is 4.90 Å². The number of carboxylic acids is 1. The molecule has 0 heterocycles. The highest BCUT2D eigenvalue weighted by molar-refractivity contribution is 6.21. The number of carbonyl (C=O) groups is 5. The van der Waals surface area contributed by atoms with E-state index in [2.05, 4.69) is 9.98 Å². The summed E-state index contributed by atoms with van der Waals surface area (Å²) in [4.78, 5) is 71.7. The fourth-order valence-electron chi connectivity index (χ4n) is 5.54. The van der Waals surface area contributed by atoms with Gasteiger partial charge in [0.15, 0.2) is 0 Å². The van der Waals surface area contributed by atoms with Gasteiger partial charge in [-0.05, 0) is 31.1 Å². The van der Waals surface area contributed by atoms with Crippen molar-refractivity contribution in [2.45, 2.75) is 86.2 Å². The lowest BCUT2D eigenvalue weighted by Crippen LogP contribution is -2.44. The Morgan fingerprint density at radius 3 is 1.84 bits per heavy atom. The van der Waals surface area contributed by atoms with E-state index in [0.717, 1.165) is 0 Å². The second kappa shape index (κ2) is 12.9. The number of Topliss-reactive ketones (excluding diaryl/α,β-unsaturated/α-hetero) is 3. The highest BCUT2D eigenvalue weighted by atomic mass is 16.4. The second-order valence-corrected chi connectivity index (χ2v) is 12.3. The summed E-state index contributed by atoms with van der Waals surface area (Å²) in [5.41, 5.74) is 0.324. The number of carboxylic acid groups (broad SMARTS) is 1. The number of aliphatic hydroxyl groups is 1. The molecular formula is C28H43N3O7. The van der Waals surface area contributed by atoms with Crippen molar-refractivity contribution in [2.24, 2.45) is 32.7 Å². The molecule has 10 heteroatoms. The van der Waals surface area contributed by atoms with Gasteiger partial charge in [-0.1, -0.05) is 27.7 Å². The Labute approximate surface area is 225 Å². The Morgan fingerprint density at radius 2 is 1.34 bits per heavy atom. The van der Waals surface area contributed by atoms with E-state index in [-0.39, 0.29) is 73.1 Å². The molecule has 2 aliphatic rings. The third kappa shape index (κ3) is 8.92. The van der Waals surface area contributed by atoms with Crippen LogP contribution in [0.3, 0.4) is 0 Å². The highest BCUT2D eigenvalue weighted by Crippen LogP contribution is 2.37. The van der Waals surface area contributed by atoms with Gasteiger partial charge in [-0.15, -0.1) is 0 Å². The number of aliphatic hydroxyl groups excluding tert-OH is 1. The number of amides is 1. The van der Waals surface area contributed by atoms with E-state index in [0.29, 0.717) is 37.1 Å². The zero-order valence-corrected chi connectivity index (χ0v) is 23.6. The van der Waals surface area contributed by atoms with E-state index in [1.54, 1.807) is 13.8 Å². The topological polar surface area (TPSA) is 154 Å². The van der Waals surface area contributed by atoms with Crippen LogP contribution < -0.4 is 0 Å². The standard InChI is InChI=1S/C28H43N3O7/c1-17(25-19(32)13-27(3,4)14-20(25)33)29-9-11-31(23(36)7-8-24(37)38)12-10-30-18(2)26-21(34)15-28(5,6)16-22(26)35/h19,25-26,32H,7-16H2,1-6H3,(H,37,38). The summed E-state index contributed by atoms with van der Waals surface area (Å²) in [6.45, 7) is 11.7. The summed E-state index contributed by atoms with van der Waals surface area (Å²) in [6.07, 6.45) is 0.186. The molecule has 0 aromatic carbocycles. The van der Waals surface area contributed by atoms with Crippen LogP contribution in [0.2, 0.25) is 0 Å². The largest absolute Gasteiger partial charge is 0.481 e. The van der Waals surface area contributed by atoms with Crippen LogP contribution in [0.5, 0.6) is 0 Å². The number of hydrogen-bond acceptors (Lipinski definition) is 8. The molecular weight excluding hydrogens is 490 g/mol. The summed E-state index contributed by atoms with van der Waals surface area (Å²) < 4.78 is 0. The van der Waals surface area contributed by atoms with E-state index in [9.17, 15) is 29.1 Å². The van der Waals surface area contributed by atoms with Crippen molar-refractivity contribution in [3.63, 3.8) is 0 Å². The van der Waals surface area contributed by atoms with Gasteiger partial charge in [0.1, 0.15) is 23.3 Å². The lowest BCUT2D eigenvalue weighted by molar-refractivity contribution is -0.140. The fraction of sp³-hybridized carbons (Fsp3) is 0.750. The van der Waals surface area contributed by atoms with Crippen molar-refractivity contribution >= 4 is 40.6 Å². The summed E-state index contributed by atoms with van der Waals surface area (Å²) in [5.74, 6) is -3.30. The van der Waals surface area contributed by atoms with Crippen LogP contribution in [-0.4, -0.2) is 88.0 Å². The number of aliphatic carboxylic acids is 1. The van der Waals surface area contributed by atoms with Crippen LogP contribution in [0.1, 0.15) is 80.1 Å². The first-order valence-electron chi connectivity index (χ1n) is 13.3. The van der Waals surface area contributed by atoms with Crippen LogP contribution in [0.25, 0.3) is 0 Å². The molecule has 0 aliphatic heterocycles. The van der Waals surface area contributed by atoms with Crippen molar-refractivity contribution in [2.75, 3.05) is 26.2 Å². The van der Waals surface area contributed by atoms with Gasteiger partial charge in [0, 0.05) is 50.2 Å². The molecule has 0 spiro atoms. The minimum absolute atomic E-state index is 0.0515. The first-order valence-corrected chi connectivity index (χ1v) is 13.3. The van der Waals surface area contributed by atoms with Crippen molar-refractivity contribution in [3.8, 4) is 0 Å². The Morgan fingerprint density at radius 1 is 0.842 bits per heavy atom. The Hall–Kier alpha value is -2.75. The molecule has 0 radical (unpaired) electrons. The molecule has 0 saturated heterocycles. The summed E-state index contributed by atoms with van der Waals surface area (Å²) in [6, 6.07) is 0. The number of aliphatic imine (C=N–C) groups is 2. The number of carbonyl (C=O) groups excluding carboxylic acids is 4. The molecule has 2 saturated carbocycles. The van der Waals surface area contributed by atoms with E-state index in [4.69, 9.17) is 5.11 Å². The molecule has 0 bridgehead atoms. The van der Waals surface area contributed by atoms with Gasteiger partial charge in [0.2, 0.25) is 5.91 Å². The molecule has 2 unspecified atom stereocenters. The zero-order chi connectivity index (χ0) is 28.8. The maximum absolute atomic E-state index is 12.7. The van der Waals surface area contributed by atoms with Crippen LogP contribution in [0, 0.1) is 22.7 Å². The van der Waals surface area contributed by atoms with E-state index in [1.165, 1.54) is 4.90 Å². The normalized spacial score (nSPS) is 24.4. The average molecular weight is 534 g/mol. The lowest BCUT2D eigenvalue weighted by atomic mass is 9.69. The molecule has 2 aliphatic carbocycles. The van der Waals surface area contributed by atoms with E-state index in [1.807, 2.05) is 27.7 Å². The van der Waals surface area contributed by atoms with Gasteiger partial charge in [-0.2, -0.15) is 0 Å². The van der Waals surface area contributed by atoms with Crippen LogP contribution >= 0.6 is 0 Å². The first kappa shape index (κ1) is 31.5. The third-order valence-electron chi connectivity index (χ3n) is 7.33. The molecule has 38 heavy (non-hydrogen) atoms. The molecule has 10 nitrogen and oxygen atoms in total. The number of hydrogen-bond donors (Lipinski definition) is 2. The predicted octanol–water partition coefficient (Wildman–Crippen LogP) is 2.54. The molecule has 212 valence electrons. The van der Waals surface area contributed by atoms with E-state index < -0.39 is 23.9 Å². The molecule has 2 rings (SSSR count). The van der Waals surface area contributed by atoms with Gasteiger partial charge < -0.3 is 15.1 Å². The molecule has 1 amide bonds. The maximum atomic E-state index is 12.7. The third-order valence-corrected chi connectivity index (χ3v) is 7.33. The Kier molecular flexibility index (Phi) is 10.7. The quantitative estimate of drug-likeness (QED) is 0.306. The van der Waals surface area contributed by atoms with Crippen LogP contribution in [0.4, 0.5) is 0 Å². The molecule has 2 atom stereocenters. The summed E-state index contributed by atoms with van der Waals surface area (Å²) in [7, 11) is 0. The Balaban J connectivity index is 2.05. The van der Waals surface area contributed by atoms with Crippen molar-refractivity contribution < 1.29 is 34.2 Å². The minimum Gasteiger partial charge on any atom is -0.481 e. The van der Waals surface area contributed by atoms with Gasteiger partial charge in [0.05, 0.1) is 31.5 Å². The van der Waals surface area contributed by atoms with Gasteiger partial charge in [-0.25, -0.2) is 0 Å². The zero-order valence-electron chi connectivity index (χ0n) is 23.6. The first-order chi connectivity index (χ1) is 17.5. The predicted molar refractivity (Wildman–Crippen MR) is 143 cm³/mol. The van der Waals surface area contributed by atoms with Gasteiger partial charge in [0.25, 0.3) is 0 Å². The lowest BCUT2D eigenvalue weighted by Gasteiger charge is -2.37. The van der Waals surface area contributed by atoms with Crippen molar-refractivity contribution in [3.05, 3.63) is 0 Å². The number of rotatable bonds is 11. The summed E-state index contributed by atoms with van der Waals surface area (Å²) >= 11 is 0. The second-order valence-electron chi connectivity index (χ2n) is 12.3. The van der Waals surface area contributed by atoms with E-state index >= 15 is 0 Å². The fourth-order valence-corrected chi connectivity index (χ4v) is 5.54. The molecule has 0 aromatic heterocycles. The van der Waals surface area contributed by atoms with Gasteiger partial charge >= 0.3 is 5.97 Å². The number of nitrogens with zero attached hydrogens (tertiary/aromatic N) is 3. The minimum atomic E-state index is -1.08. The smallest absolute Gasteiger partial charge is 0.303 e. The monoisotopic (exact) mass is 533 g/mol.